The van der Waals surface area contributed by atoms with Gasteiger partial charge >= 0.3 is 17.9 Å². The van der Waals surface area contributed by atoms with Crippen molar-refractivity contribution in [1.82, 2.24) is 0 Å². The third-order valence-corrected chi connectivity index (χ3v) is 11.6. The van der Waals surface area contributed by atoms with Crippen LogP contribution in [0.15, 0.2) is 0 Å². The third-order valence-electron chi connectivity index (χ3n) is 11.6. The molecule has 1 unspecified atom stereocenters. The van der Waals surface area contributed by atoms with Gasteiger partial charge in [0.1, 0.15) is 13.2 Å². The summed E-state index contributed by atoms with van der Waals surface area (Å²) in [7, 11) is 0. The van der Waals surface area contributed by atoms with Crippen molar-refractivity contribution >= 4 is 17.9 Å². The highest BCUT2D eigenvalue weighted by atomic mass is 16.6. The van der Waals surface area contributed by atoms with E-state index in [-0.39, 0.29) is 31.1 Å². The smallest absolute Gasteiger partial charge is 0.306 e. The van der Waals surface area contributed by atoms with Crippen molar-refractivity contribution in [2.45, 2.75) is 278 Å². The number of carbonyl (C=O) groups is 3. The van der Waals surface area contributed by atoms with Gasteiger partial charge in [0.05, 0.1) is 0 Å². The minimum atomic E-state index is -0.761. The summed E-state index contributed by atoms with van der Waals surface area (Å²) in [6.45, 7) is 11.4. The van der Waals surface area contributed by atoms with E-state index in [0.29, 0.717) is 19.3 Å². The summed E-state index contributed by atoms with van der Waals surface area (Å²) in [5, 5.41) is 0. The Hall–Kier alpha value is -1.59. The number of ether oxygens (including phenoxy) is 3. The van der Waals surface area contributed by atoms with Gasteiger partial charge in [0, 0.05) is 19.3 Å². The van der Waals surface area contributed by atoms with Crippen molar-refractivity contribution in [2.75, 3.05) is 13.2 Å². The van der Waals surface area contributed by atoms with Crippen LogP contribution in [0.2, 0.25) is 0 Å². The first-order chi connectivity index (χ1) is 27.3. The van der Waals surface area contributed by atoms with Crippen LogP contribution in [-0.2, 0) is 28.6 Å². The van der Waals surface area contributed by atoms with Gasteiger partial charge in [-0.2, -0.15) is 0 Å². The van der Waals surface area contributed by atoms with Crippen LogP contribution in [0.25, 0.3) is 0 Å². The summed E-state index contributed by atoms with van der Waals surface area (Å²) in [5.41, 5.74) is 0. The number of hydrogen-bond donors (Lipinski definition) is 0. The van der Waals surface area contributed by atoms with Crippen LogP contribution in [0, 0.1) is 11.8 Å². The average molecular weight is 793 g/mol. The number of esters is 3. The topological polar surface area (TPSA) is 78.9 Å². The van der Waals surface area contributed by atoms with Gasteiger partial charge in [-0.3, -0.25) is 14.4 Å². The first-order valence-electron chi connectivity index (χ1n) is 24.8. The monoisotopic (exact) mass is 793 g/mol. The van der Waals surface area contributed by atoms with Gasteiger partial charge in [0.25, 0.3) is 0 Å². The van der Waals surface area contributed by atoms with Crippen molar-refractivity contribution in [1.29, 1.82) is 0 Å². The molecule has 0 saturated carbocycles. The number of hydrogen-bond acceptors (Lipinski definition) is 6. The van der Waals surface area contributed by atoms with Gasteiger partial charge in [0.2, 0.25) is 0 Å². The molecule has 0 rings (SSSR count). The van der Waals surface area contributed by atoms with Gasteiger partial charge in [0.15, 0.2) is 6.10 Å². The highest BCUT2D eigenvalue weighted by Gasteiger charge is 2.19. The SMILES string of the molecule is CCCCCCCCCCCCCCC(=O)O[C@H](COC(=O)CCCCCCCCCCCCC(C)CC)COC(=O)CCCCCCCCCCCC(C)C. The van der Waals surface area contributed by atoms with E-state index in [1.165, 1.54) is 161 Å². The average Bonchev–Trinajstić information content (AvgIpc) is 3.18. The standard InChI is InChI=1S/C50H96O6/c1-6-8-9-10-11-12-13-14-21-27-32-37-42-50(53)56-47(44-55-49(52)41-36-31-26-22-17-18-23-28-33-38-45(3)4)43-54-48(51)40-35-30-25-20-16-15-19-24-29-34-39-46(5)7-2/h45-47H,6-44H2,1-5H3/t46?,47-/m1/s1. The summed E-state index contributed by atoms with van der Waals surface area (Å²) in [6.07, 6.45) is 42.2. The Morgan fingerprint density at radius 1 is 0.375 bits per heavy atom. The maximum absolute atomic E-state index is 12.7. The van der Waals surface area contributed by atoms with Crippen molar-refractivity contribution in [3.8, 4) is 0 Å². The Balaban J connectivity index is 4.33. The molecule has 56 heavy (non-hydrogen) atoms. The lowest BCUT2D eigenvalue weighted by molar-refractivity contribution is -0.167. The predicted octanol–water partition coefficient (Wildman–Crippen LogP) is 15.8. The minimum Gasteiger partial charge on any atom is -0.462 e. The third kappa shape index (κ3) is 42.0. The number of carbonyl (C=O) groups excluding carboxylic acids is 3. The first-order valence-corrected chi connectivity index (χ1v) is 24.8. The number of rotatable bonds is 44. The van der Waals surface area contributed by atoms with E-state index in [1.54, 1.807) is 0 Å². The van der Waals surface area contributed by atoms with Crippen LogP contribution in [0.3, 0.4) is 0 Å². The molecule has 0 aromatic carbocycles. The van der Waals surface area contributed by atoms with Crippen LogP contribution in [-0.4, -0.2) is 37.2 Å². The molecule has 0 aromatic rings. The molecule has 0 aliphatic heterocycles. The summed E-state index contributed by atoms with van der Waals surface area (Å²) < 4.78 is 16.8. The molecule has 0 N–H and O–H groups in total. The fourth-order valence-corrected chi connectivity index (χ4v) is 7.43. The van der Waals surface area contributed by atoms with E-state index in [9.17, 15) is 14.4 Å². The molecule has 6 nitrogen and oxygen atoms in total. The van der Waals surface area contributed by atoms with E-state index in [0.717, 1.165) is 69.6 Å². The van der Waals surface area contributed by atoms with Crippen LogP contribution in [0.1, 0.15) is 272 Å². The summed E-state index contributed by atoms with van der Waals surface area (Å²) >= 11 is 0. The fraction of sp³-hybridized carbons (Fsp3) is 0.940. The van der Waals surface area contributed by atoms with Crippen LogP contribution in [0.5, 0.6) is 0 Å². The molecule has 0 fully saturated rings. The van der Waals surface area contributed by atoms with Gasteiger partial charge < -0.3 is 14.2 Å². The molecule has 0 bridgehead atoms. The van der Waals surface area contributed by atoms with Crippen LogP contribution < -0.4 is 0 Å². The summed E-state index contributed by atoms with van der Waals surface area (Å²) in [5.74, 6) is 0.826. The lowest BCUT2D eigenvalue weighted by atomic mass is 9.99. The predicted molar refractivity (Wildman–Crippen MR) is 238 cm³/mol. The fourth-order valence-electron chi connectivity index (χ4n) is 7.43. The van der Waals surface area contributed by atoms with Gasteiger partial charge in [-0.05, 0) is 31.1 Å². The molecule has 0 aromatic heterocycles. The zero-order valence-electron chi connectivity index (χ0n) is 38.3. The van der Waals surface area contributed by atoms with Crippen molar-refractivity contribution in [3.63, 3.8) is 0 Å². The summed E-state index contributed by atoms with van der Waals surface area (Å²) in [4.78, 5) is 37.8. The summed E-state index contributed by atoms with van der Waals surface area (Å²) in [6, 6.07) is 0. The van der Waals surface area contributed by atoms with Crippen molar-refractivity contribution < 1.29 is 28.6 Å². The van der Waals surface area contributed by atoms with E-state index in [4.69, 9.17) is 14.2 Å². The zero-order valence-corrected chi connectivity index (χ0v) is 38.3. The van der Waals surface area contributed by atoms with Crippen LogP contribution in [0.4, 0.5) is 0 Å². The lowest BCUT2D eigenvalue weighted by Gasteiger charge is -2.18. The maximum Gasteiger partial charge on any atom is 0.306 e. The first kappa shape index (κ1) is 54.4. The van der Waals surface area contributed by atoms with Crippen molar-refractivity contribution in [3.05, 3.63) is 0 Å². The Kier molecular flexibility index (Phi) is 41.8. The normalized spacial score (nSPS) is 12.5. The van der Waals surface area contributed by atoms with E-state index >= 15 is 0 Å². The Bertz CT molecular complexity index is 856. The molecule has 0 heterocycles. The second-order valence-electron chi connectivity index (χ2n) is 17.8. The molecule has 2 atom stereocenters. The molecule has 0 aliphatic rings. The lowest BCUT2D eigenvalue weighted by Crippen LogP contribution is -2.30. The second-order valence-corrected chi connectivity index (χ2v) is 17.8. The van der Waals surface area contributed by atoms with E-state index in [2.05, 4.69) is 34.6 Å². The molecule has 0 radical (unpaired) electrons. The minimum absolute atomic E-state index is 0.0644. The molecular formula is C50H96O6. The molecule has 6 heteroatoms. The Morgan fingerprint density at radius 3 is 1.02 bits per heavy atom. The number of unbranched alkanes of at least 4 members (excludes halogenated alkanes) is 28. The Morgan fingerprint density at radius 2 is 0.679 bits per heavy atom. The quantitative estimate of drug-likeness (QED) is 0.0347. The van der Waals surface area contributed by atoms with E-state index in [1.807, 2.05) is 0 Å². The molecular weight excluding hydrogens is 697 g/mol. The van der Waals surface area contributed by atoms with Crippen molar-refractivity contribution in [2.24, 2.45) is 11.8 Å². The highest BCUT2D eigenvalue weighted by Crippen LogP contribution is 2.17. The largest absolute Gasteiger partial charge is 0.462 e. The molecule has 332 valence electrons. The molecule has 0 spiro atoms. The van der Waals surface area contributed by atoms with Gasteiger partial charge in [-0.1, -0.05) is 234 Å². The zero-order chi connectivity index (χ0) is 41.2. The molecule has 0 aliphatic carbocycles. The van der Waals surface area contributed by atoms with Gasteiger partial charge in [-0.15, -0.1) is 0 Å². The Labute approximate surface area is 348 Å². The van der Waals surface area contributed by atoms with Crippen LogP contribution >= 0.6 is 0 Å². The highest BCUT2D eigenvalue weighted by molar-refractivity contribution is 5.71. The van der Waals surface area contributed by atoms with E-state index < -0.39 is 6.10 Å². The second kappa shape index (κ2) is 43.0. The maximum atomic E-state index is 12.7. The molecule has 0 saturated heterocycles. The van der Waals surface area contributed by atoms with Gasteiger partial charge in [-0.25, -0.2) is 0 Å². The molecule has 0 amide bonds.